The fraction of sp³-hybridized carbons (Fsp3) is 0.542. The van der Waals surface area contributed by atoms with Crippen LogP contribution in [0, 0.1) is 6.92 Å². The molecule has 1 saturated carbocycles. The number of halogens is 6. The number of alkyl halides is 6. The smallest absolute Gasteiger partial charge is 0.417 e. The van der Waals surface area contributed by atoms with E-state index in [-0.39, 0.29) is 12.1 Å². The van der Waals surface area contributed by atoms with Crippen molar-refractivity contribution in [2.45, 2.75) is 77.4 Å². The Morgan fingerprint density at radius 1 is 0.909 bits per heavy atom. The lowest BCUT2D eigenvalue weighted by Crippen LogP contribution is -2.35. The van der Waals surface area contributed by atoms with Gasteiger partial charge in [0.15, 0.2) is 0 Å². The van der Waals surface area contributed by atoms with Crippen LogP contribution < -0.4 is 9.64 Å². The predicted molar refractivity (Wildman–Crippen MR) is 116 cm³/mol. The van der Waals surface area contributed by atoms with Crippen molar-refractivity contribution in [3.63, 3.8) is 0 Å². The maximum absolute atomic E-state index is 12.9. The number of anilines is 1. The number of ether oxygens (including phenoxy) is 1. The van der Waals surface area contributed by atoms with Gasteiger partial charge in [-0.1, -0.05) is 20.3 Å². The van der Waals surface area contributed by atoms with E-state index < -0.39 is 23.5 Å². The quantitative estimate of drug-likeness (QED) is 0.334. The first-order valence-corrected chi connectivity index (χ1v) is 11.1. The fourth-order valence-corrected chi connectivity index (χ4v) is 3.84. The molecule has 0 saturated heterocycles. The number of rotatable bonds is 4. The standard InChI is InChI=1S/C22H24F6N2O.C2H6/c1-14-11-15(21(23,24)25)7-9-19(14)31-18-6-4-3-5-17(12-18)30(2)20-10-8-16(13-29-20)22(26,27)28;1-2/h7-11,13,17-18H,3-6,12H2,1-2H3;1-2H3. The molecule has 1 fully saturated rings. The van der Waals surface area contributed by atoms with Crippen molar-refractivity contribution in [2.75, 3.05) is 11.9 Å². The number of hydrogen-bond acceptors (Lipinski definition) is 3. The first kappa shape index (κ1) is 26.8. The van der Waals surface area contributed by atoms with Crippen molar-refractivity contribution < 1.29 is 31.1 Å². The highest BCUT2D eigenvalue weighted by atomic mass is 19.4. The summed E-state index contributed by atoms with van der Waals surface area (Å²) in [6.45, 7) is 5.58. The Bertz CT molecular complexity index is 880. The second-order valence-electron chi connectivity index (χ2n) is 7.91. The first-order chi connectivity index (χ1) is 15.4. The Hall–Kier alpha value is -2.45. The van der Waals surface area contributed by atoms with Gasteiger partial charge in [-0.3, -0.25) is 0 Å². The van der Waals surface area contributed by atoms with E-state index in [4.69, 9.17) is 4.74 Å². The van der Waals surface area contributed by atoms with Crippen LogP contribution in [-0.4, -0.2) is 24.2 Å². The molecule has 1 aromatic heterocycles. The molecule has 2 atom stereocenters. The van der Waals surface area contributed by atoms with Gasteiger partial charge in [0.05, 0.1) is 11.1 Å². The molecule has 33 heavy (non-hydrogen) atoms. The summed E-state index contributed by atoms with van der Waals surface area (Å²) < 4.78 is 83.0. The van der Waals surface area contributed by atoms with Crippen LogP contribution in [0.4, 0.5) is 32.2 Å². The van der Waals surface area contributed by atoms with Crippen LogP contribution >= 0.6 is 0 Å². The van der Waals surface area contributed by atoms with Gasteiger partial charge in [-0.2, -0.15) is 26.3 Å². The third-order valence-electron chi connectivity index (χ3n) is 5.63. The highest BCUT2D eigenvalue weighted by Gasteiger charge is 2.32. The van der Waals surface area contributed by atoms with Gasteiger partial charge in [0.25, 0.3) is 0 Å². The van der Waals surface area contributed by atoms with Crippen LogP contribution in [0.1, 0.15) is 62.6 Å². The summed E-state index contributed by atoms with van der Waals surface area (Å²) in [4.78, 5) is 5.81. The van der Waals surface area contributed by atoms with E-state index in [9.17, 15) is 26.3 Å². The Balaban J connectivity index is 0.00000187. The van der Waals surface area contributed by atoms with Crippen LogP contribution in [0.3, 0.4) is 0 Å². The van der Waals surface area contributed by atoms with Crippen molar-refractivity contribution in [1.29, 1.82) is 0 Å². The van der Waals surface area contributed by atoms with Crippen LogP contribution in [0.15, 0.2) is 36.5 Å². The minimum Gasteiger partial charge on any atom is -0.490 e. The number of aryl methyl sites for hydroxylation is 1. The van der Waals surface area contributed by atoms with E-state index in [1.165, 1.54) is 12.1 Å². The summed E-state index contributed by atoms with van der Waals surface area (Å²) in [5.74, 6) is 0.846. The molecule has 3 rings (SSSR count). The average molecular weight is 477 g/mol. The number of aromatic nitrogens is 1. The van der Waals surface area contributed by atoms with Gasteiger partial charge in [0.1, 0.15) is 17.7 Å². The number of benzene rings is 1. The van der Waals surface area contributed by atoms with E-state index in [1.54, 1.807) is 14.0 Å². The van der Waals surface area contributed by atoms with Gasteiger partial charge in [-0.25, -0.2) is 4.98 Å². The minimum absolute atomic E-state index is 0.00788. The van der Waals surface area contributed by atoms with Gasteiger partial charge in [-0.15, -0.1) is 0 Å². The molecule has 0 N–H and O–H groups in total. The Kier molecular flexibility index (Phi) is 9.03. The third kappa shape index (κ3) is 7.27. The summed E-state index contributed by atoms with van der Waals surface area (Å²) in [5.41, 5.74) is -1.11. The number of hydrogen-bond donors (Lipinski definition) is 0. The second kappa shape index (κ2) is 11.1. The summed E-state index contributed by atoms with van der Waals surface area (Å²) in [6, 6.07) is 5.78. The van der Waals surface area contributed by atoms with E-state index in [2.05, 4.69) is 4.98 Å². The van der Waals surface area contributed by atoms with Gasteiger partial charge in [-0.05, 0) is 62.1 Å². The molecule has 1 aromatic carbocycles. The molecule has 1 aliphatic carbocycles. The molecule has 0 amide bonds. The van der Waals surface area contributed by atoms with Gasteiger partial charge >= 0.3 is 12.4 Å². The van der Waals surface area contributed by atoms with Crippen LogP contribution in [0.2, 0.25) is 0 Å². The van der Waals surface area contributed by atoms with Gasteiger partial charge < -0.3 is 9.64 Å². The van der Waals surface area contributed by atoms with E-state index in [1.807, 2.05) is 18.7 Å². The van der Waals surface area contributed by atoms with Crippen molar-refractivity contribution in [3.8, 4) is 5.75 Å². The topological polar surface area (TPSA) is 25.4 Å². The maximum atomic E-state index is 12.9. The summed E-state index contributed by atoms with van der Waals surface area (Å²) >= 11 is 0. The van der Waals surface area contributed by atoms with Crippen LogP contribution in [0.25, 0.3) is 0 Å². The molecule has 1 aliphatic rings. The van der Waals surface area contributed by atoms with Crippen LogP contribution in [0.5, 0.6) is 5.75 Å². The zero-order chi connectivity index (χ0) is 24.8. The fourth-order valence-electron chi connectivity index (χ4n) is 3.84. The zero-order valence-corrected chi connectivity index (χ0v) is 19.2. The average Bonchev–Trinajstić information content (AvgIpc) is 3.00. The van der Waals surface area contributed by atoms with E-state index >= 15 is 0 Å². The van der Waals surface area contributed by atoms with Crippen LogP contribution in [-0.2, 0) is 12.4 Å². The molecule has 3 nitrogen and oxygen atoms in total. The van der Waals surface area contributed by atoms with Crippen molar-refractivity contribution in [1.82, 2.24) is 4.98 Å². The van der Waals surface area contributed by atoms with E-state index in [0.717, 1.165) is 50.1 Å². The molecule has 0 radical (unpaired) electrons. The van der Waals surface area contributed by atoms with Crippen molar-refractivity contribution in [3.05, 3.63) is 53.2 Å². The molecule has 2 unspecified atom stereocenters. The number of pyridine rings is 1. The second-order valence-corrected chi connectivity index (χ2v) is 7.91. The molecule has 0 bridgehead atoms. The lowest BCUT2D eigenvalue weighted by atomic mass is 10.1. The van der Waals surface area contributed by atoms with Gasteiger partial charge in [0.2, 0.25) is 0 Å². The highest BCUT2D eigenvalue weighted by molar-refractivity contribution is 5.40. The van der Waals surface area contributed by atoms with Crippen molar-refractivity contribution in [2.24, 2.45) is 0 Å². The minimum atomic E-state index is -4.44. The first-order valence-electron chi connectivity index (χ1n) is 11.1. The molecule has 0 aliphatic heterocycles. The Morgan fingerprint density at radius 2 is 1.52 bits per heavy atom. The highest BCUT2D eigenvalue weighted by Crippen LogP contribution is 2.34. The SMILES string of the molecule is CC.Cc1cc(C(F)(F)F)ccc1OC1CCCCC(N(C)c2ccc(C(F)(F)F)cn2)C1. The van der Waals surface area contributed by atoms with E-state index in [0.29, 0.717) is 23.6 Å². The molecule has 1 heterocycles. The largest absolute Gasteiger partial charge is 0.490 e. The Morgan fingerprint density at radius 3 is 2.06 bits per heavy atom. The summed E-state index contributed by atoms with van der Waals surface area (Å²) in [6.07, 6.45) is -4.24. The molecule has 0 spiro atoms. The predicted octanol–water partition coefficient (Wildman–Crippen LogP) is 7.67. The summed E-state index contributed by atoms with van der Waals surface area (Å²) in [5, 5.41) is 0. The zero-order valence-electron chi connectivity index (χ0n) is 19.2. The Labute approximate surface area is 190 Å². The van der Waals surface area contributed by atoms with Crippen molar-refractivity contribution >= 4 is 5.82 Å². The molecule has 184 valence electrons. The summed E-state index contributed by atoms with van der Waals surface area (Å²) in [7, 11) is 1.78. The maximum Gasteiger partial charge on any atom is 0.417 e. The number of nitrogens with zero attached hydrogens (tertiary/aromatic N) is 2. The monoisotopic (exact) mass is 476 g/mol. The molecule has 2 aromatic rings. The lowest BCUT2D eigenvalue weighted by Gasteiger charge is -2.31. The third-order valence-corrected chi connectivity index (χ3v) is 5.63. The normalized spacial score (nSPS) is 19.2. The van der Waals surface area contributed by atoms with Gasteiger partial charge in [0, 0.05) is 25.7 Å². The lowest BCUT2D eigenvalue weighted by molar-refractivity contribution is -0.138. The molecular formula is C24H30F6N2O. The molecule has 9 heteroatoms. The molecular weight excluding hydrogens is 446 g/mol.